The molecule has 0 saturated carbocycles. The first kappa shape index (κ1) is 21.4. The number of rotatable bonds is 5. The summed E-state index contributed by atoms with van der Waals surface area (Å²) in [5, 5.41) is 4.87. The molecule has 2 N–H and O–H groups in total. The maximum absolute atomic E-state index is 12.9. The number of benzene rings is 1. The average molecular weight is 414 g/mol. The van der Waals surface area contributed by atoms with Gasteiger partial charge in [0.1, 0.15) is 5.00 Å². The Kier molecular flexibility index (Phi) is 6.45. The predicted octanol–water partition coefficient (Wildman–Crippen LogP) is 3.86. The minimum Gasteiger partial charge on any atom is -0.462 e. The second-order valence-electron chi connectivity index (χ2n) is 5.59. The van der Waals surface area contributed by atoms with E-state index in [1.807, 2.05) is 0 Å². The molecule has 1 aromatic carbocycles. The molecule has 150 valence electrons. The first-order valence-electron chi connectivity index (χ1n) is 8.11. The lowest BCUT2D eigenvalue weighted by molar-refractivity contribution is -0.137. The number of amides is 2. The third-order valence-corrected chi connectivity index (χ3v) is 4.94. The summed E-state index contributed by atoms with van der Waals surface area (Å²) in [6, 6.07) is 3.88. The Morgan fingerprint density at radius 2 is 1.86 bits per heavy atom. The number of ether oxygens (including phenoxy) is 1. The molecule has 0 aliphatic rings. The van der Waals surface area contributed by atoms with Gasteiger partial charge in [0, 0.05) is 12.6 Å². The number of halogens is 3. The van der Waals surface area contributed by atoms with Crippen molar-refractivity contribution in [1.82, 2.24) is 5.32 Å². The van der Waals surface area contributed by atoms with Gasteiger partial charge in [0.2, 0.25) is 0 Å². The van der Waals surface area contributed by atoms with Crippen LogP contribution in [0.2, 0.25) is 0 Å². The van der Waals surface area contributed by atoms with Crippen molar-refractivity contribution in [1.29, 1.82) is 0 Å². The van der Waals surface area contributed by atoms with Gasteiger partial charge in [0.05, 0.1) is 22.6 Å². The van der Waals surface area contributed by atoms with E-state index in [0.717, 1.165) is 23.5 Å². The SMILES string of the molecule is CCOC(=O)c1c(NC(=O)c2cccc(C(F)(F)F)c2)sc(C(=O)NC)c1C. The van der Waals surface area contributed by atoms with E-state index in [9.17, 15) is 27.6 Å². The van der Waals surface area contributed by atoms with E-state index in [2.05, 4.69) is 10.6 Å². The van der Waals surface area contributed by atoms with Crippen molar-refractivity contribution in [3.8, 4) is 0 Å². The van der Waals surface area contributed by atoms with E-state index in [1.165, 1.54) is 20.0 Å². The summed E-state index contributed by atoms with van der Waals surface area (Å²) in [5.41, 5.74) is -0.913. The van der Waals surface area contributed by atoms with E-state index in [0.29, 0.717) is 11.6 Å². The Morgan fingerprint density at radius 1 is 1.18 bits per heavy atom. The number of nitrogens with one attached hydrogen (secondary N) is 2. The van der Waals surface area contributed by atoms with Gasteiger partial charge >= 0.3 is 12.1 Å². The molecule has 0 saturated heterocycles. The van der Waals surface area contributed by atoms with Crippen LogP contribution in [0.15, 0.2) is 24.3 Å². The molecule has 0 spiro atoms. The summed E-state index contributed by atoms with van der Waals surface area (Å²) in [7, 11) is 1.41. The predicted molar refractivity (Wildman–Crippen MR) is 97.8 cm³/mol. The number of carbonyl (C=O) groups is 3. The van der Waals surface area contributed by atoms with E-state index in [4.69, 9.17) is 4.74 Å². The van der Waals surface area contributed by atoms with Crippen LogP contribution >= 0.6 is 11.3 Å². The van der Waals surface area contributed by atoms with Crippen LogP contribution in [-0.2, 0) is 10.9 Å². The molecule has 0 atom stereocenters. The van der Waals surface area contributed by atoms with Crippen LogP contribution < -0.4 is 10.6 Å². The fourth-order valence-electron chi connectivity index (χ4n) is 2.39. The van der Waals surface area contributed by atoms with Crippen LogP contribution in [0.3, 0.4) is 0 Å². The molecule has 0 radical (unpaired) electrons. The minimum absolute atomic E-state index is 0.00854. The highest BCUT2D eigenvalue weighted by Gasteiger charge is 2.31. The monoisotopic (exact) mass is 414 g/mol. The number of carbonyl (C=O) groups excluding carboxylic acids is 3. The summed E-state index contributed by atoms with van der Waals surface area (Å²) < 4.78 is 43.5. The summed E-state index contributed by atoms with van der Waals surface area (Å²) in [5.74, 6) is -2.06. The summed E-state index contributed by atoms with van der Waals surface area (Å²) in [4.78, 5) is 36.9. The Labute approximate surface area is 162 Å². The summed E-state index contributed by atoms with van der Waals surface area (Å²) in [6.07, 6.45) is -4.60. The topological polar surface area (TPSA) is 84.5 Å². The van der Waals surface area contributed by atoms with Gasteiger partial charge in [-0.05, 0) is 37.6 Å². The first-order valence-corrected chi connectivity index (χ1v) is 8.93. The fourth-order valence-corrected chi connectivity index (χ4v) is 3.53. The van der Waals surface area contributed by atoms with Gasteiger partial charge in [0.25, 0.3) is 11.8 Å². The fraction of sp³-hybridized carbons (Fsp3) is 0.278. The number of hydrogen-bond donors (Lipinski definition) is 2. The van der Waals surface area contributed by atoms with Gasteiger partial charge in [-0.25, -0.2) is 4.79 Å². The molecule has 0 fully saturated rings. The molecule has 0 aliphatic carbocycles. The van der Waals surface area contributed by atoms with Crippen LogP contribution in [0.4, 0.5) is 18.2 Å². The second kappa shape index (κ2) is 8.42. The molecule has 2 rings (SSSR count). The third kappa shape index (κ3) is 4.50. The highest BCUT2D eigenvalue weighted by molar-refractivity contribution is 7.18. The van der Waals surface area contributed by atoms with Gasteiger partial charge < -0.3 is 15.4 Å². The molecule has 1 heterocycles. The molecule has 2 aromatic rings. The number of thiophene rings is 1. The van der Waals surface area contributed by atoms with Crippen molar-refractivity contribution in [2.45, 2.75) is 20.0 Å². The highest BCUT2D eigenvalue weighted by atomic mass is 32.1. The van der Waals surface area contributed by atoms with Crippen molar-refractivity contribution in [2.24, 2.45) is 0 Å². The summed E-state index contributed by atoms with van der Waals surface area (Å²) >= 11 is 0.839. The second-order valence-corrected chi connectivity index (χ2v) is 6.61. The molecule has 6 nitrogen and oxygen atoms in total. The van der Waals surface area contributed by atoms with E-state index >= 15 is 0 Å². The van der Waals surface area contributed by atoms with Crippen LogP contribution in [0, 0.1) is 6.92 Å². The van der Waals surface area contributed by atoms with Gasteiger partial charge in [0.15, 0.2) is 0 Å². The van der Waals surface area contributed by atoms with E-state index < -0.39 is 29.5 Å². The molecular formula is C18H17F3N2O4S. The highest BCUT2D eigenvalue weighted by Crippen LogP contribution is 2.34. The quantitative estimate of drug-likeness (QED) is 0.728. The Balaban J connectivity index is 2.43. The summed E-state index contributed by atoms with van der Waals surface area (Å²) in [6.45, 7) is 3.19. The van der Waals surface area contributed by atoms with Crippen molar-refractivity contribution in [3.05, 3.63) is 51.4 Å². The van der Waals surface area contributed by atoms with Crippen molar-refractivity contribution < 1.29 is 32.3 Å². The van der Waals surface area contributed by atoms with Crippen LogP contribution in [-0.4, -0.2) is 31.4 Å². The van der Waals surface area contributed by atoms with Crippen LogP contribution in [0.25, 0.3) is 0 Å². The van der Waals surface area contributed by atoms with Gasteiger partial charge in [-0.15, -0.1) is 11.3 Å². The molecule has 2 amide bonds. The zero-order chi connectivity index (χ0) is 21.1. The lowest BCUT2D eigenvalue weighted by Gasteiger charge is -2.10. The molecule has 0 unspecified atom stereocenters. The molecule has 28 heavy (non-hydrogen) atoms. The maximum Gasteiger partial charge on any atom is 0.416 e. The third-order valence-electron chi connectivity index (χ3n) is 3.74. The van der Waals surface area contributed by atoms with Crippen LogP contribution in [0.5, 0.6) is 0 Å². The first-order chi connectivity index (χ1) is 13.1. The smallest absolute Gasteiger partial charge is 0.416 e. The average Bonchev–Trinajstić information content (AvgIpc) is 2.96. The van der Waals surface area contributed by atoms with Gasteiger partial charge in [-0.1, -0.05) is 6.07 Å². The Hall–Kier alpha value is -2.88. The van der Waals surface area contributed by atoms with E-state index in [-0.39, 0.29) is 27.6 Å². The normalized spacial score (nSPS) is 11.1. The minimum atomic E-state index is -4.60. The molecule has 10 heteroatoms. The maximum atomic E-state index is 12.9. The number of anilines is 1. The zero-order valence-corrected chi connectivity index (χ0v) is 16.0. The zero-order valence-electron chi connectivity index (χ0n) is 15.2. The van der Waals surface area contributed by atoms with Crippen molar-refractivity contribution in [2.75, 3.05) is 19.0 Å². The lowest BCUT2D eigenvalue weighted by atomic mass is 10.1. The van der Waals surface area contributed by atoms with Crippen molar-refractivity contribution in [3.63, 3.8) is 0 Å². The number of alkyl halides is 3. The lowest BCUT2D eigenvalue weighted by Crippen LogP contribution is -2.18. The number of esters is 1. The van der Waals surface area contributed by atoms with E-state index in [1.54, 1.807) is 6.92 Å². The van der Waals surface area contributed by atoms with Gasteiger partial charge in [-0.3, -0.25) is 9.59 Å². The number of hydrogen-bond acceptors (Lipinski definition) is 5. The largest absolute Gasteiger partial charge is 0.462 e. The molecule has 0 aliphatic heterocycles. The molecule has 1 aromatic heterocycles. The Bertz CT molecular complexity index is 922. The van der Waals surface area contributed by atoms with Gasteiger partial charge in [-0.2, -0.15) is 13.2 Å². The molecule has 0 bridgehead atoms. The molecular weight excluding hydrogens is 397 g/mol. The van der Waals surface area contributed by atoms with Crippen LogP contribution in [0.1, 0.15) is 48.4 Å². The van der Waals surface area contributed by atoms with Crippen molar-refractivity contribution >= 4 is 34.1 Å². The Morgan fingerprint density at radius 3 is 2.43 bits per heavy atom. The standard InChI is InChI=1S/C18H17F3N2O4S/c1-4-27-17(26)12-9(2)13(15(25)22-3)28-16(12)23-14(24)10-6-5-7-11(8-10)18(19,20)21/h5-8H,4H2,1-3H3,(H,22,25)(H,23,24).